The van der Waals surface area contributed by atoms with E-state index in [0.29, 0.717) is 23.1 Å². The van der Waals surface area contributed by atoms with Gasteiger partial charge in [-0.3, -0.25) is 9.69 Å². The fourth-order valence-corrected chi connectivity index (χ4v) is 6.92. The standard InChI is InChI=1S/C30H42N2O4S/c1-5-37(35,36)26-13-10-23(11-14-26)28(19-33)31-30(34)24-12-15-27-25(16-24)18-32(29(27)20(2)3)17-22-8-6-21(4)7-9-22/h10-16,20-22,28-29,33H,5-9,17-19H2,1-4H3,(H,31,34)/t21-,22-,28-,29+/m1/s1. The molecule has 1 aliphatic carbocycles. The van der Waals surface area contributed by atoms with Gasteiger partial charge in [0.2, 0.25) is 0 Å². The van der Waals surface area contributed by atoms with Crippen molar-refractivity contribution in [3.8, 4) is 0 Å². The van der Waals surface area contributed by atoms with Crippen LogP contribution < -0.4 is 5.32 Å². The Morgan fingerprint density at radius 1 is 1.08 bits per heavy atom. The summed E-state index contributed by atoms with van der Waals surface area (Å²) in [5.74, 6) is 1.87. The molecule has 2 N–H and O–H groups in total. The van der Waals surface area contributed by atoms with Gasteiger partial charge in [-0.15, -0.1) is 0 Å². The quantitative estimate of drug-likeness (QED) is 0.464. The highest BCUT2D eigenvalue weighted by Crippen LogP contribution is 2.41. The number of nitrogens with zero attached hydrogens (tertiary/aromatic N) is 1. The van der Waals surface area contributed by atoms with Crippen molar-refractivity contribution in [2.75, 3.05) is 18.9 Å². The van der Waals surface area contributed by atoms with Gasteiger partial charge in [0, 0.05) is 24.7 Å². The first-order chi connectivity index (χ1) is 17.6. The van der Waals surface area contributed by atoms with Crippen molar-refractivity contribution in [1.29, 1.82) is 0 Å². The maximum Gasteiger partial charge on any atom is 0.251 e. The first-order valence-electron chi connectivity index (χ1n) is 13.7. The second-order valence-corrected chi connectivity index (χ2v) is 13.6. The highest BCUT2D eigenvalue weighted by molar-refractivity contribution is 7.91. The molecule has 0 bridgehead atoms. The maximum absolute atomic E-state index is 13.2. The van der Waals surface area contributed by atoms with Crippen molar-refractivity contribution < 1.29 is 18.3 Å². The Morgan fingerprint density at radius 2 is 1.76 bits per heavy atom. The van der Waals surface area contributed by atoms with Crippen LogP contribution in [0.15, 0.2) is 47.4 Å². The normalized spacial score (nSPS) is 23.1. The number of nitrogens with one attached hydrogen (secondary N) is 1. The first-order valence-corrected chi connectivity index (χ1v) is 15.4. The molecule has 2 aromatic rings. The molecule has 6 nitrogen and oxygen atoms in total. The molecule has 0 aromatic heterocycles. The van der Waals surface area contributed by atoms with Crippen molar-refractivity contribution >= 4 is 15.7 Å². The number of aliphatic hydroxyl groups is 1. The molecule has 37 heavy (non-hydrogen) atoms. The molecule has 0 spiro atoms. The van der Waals surface area contributed by atoms with E-state index in [1.165, 1.54) is 48.9 Å². The predicted molar refractivity (Wildman–Crippen MR) is 147 cm³/mol. The summed E-state index contributed by atoms with van der Waals surface area (Å²) in [4.78, 5) is 16.0. The van der Waals surface area contributed by atoms with Gasteiger partial charge in [-0.1, -0.05) is 58.7 Å². The number of amides is 1. The molecule has 1 saturated carbocycles. The van der Waals surface area contributed by atoms with Gasteiger partial charge in [0.1, 0.15) is 0 Å². The van der Waals surface area contributed by atoms with E-state index in [1.54, 1.807) is 19.1 Å². The van der Waals surface area contributed by atoms with Crippen LogP contribution in [-0.2, 0) is 16.4 Å². The number of hydrogen-bond donors (Lipinski definition) is 2. The molecule has 0 unspecified atom stereocenters. The van der Waals surface area contributed by atoms with Crippen LogP contribution in [0.5, 0.6) is 0 Å². The molecule has 4 rings (SSSR count). The molecular weight excluding hydrogens is 484 g/mol. The van der Waals surface area contributed by atoms with Gasteiger partial charge >= 0.3 is 0 Å². The second-order valence-electron chi connectivity index (χ2n) is 11.3. The Bertz CT molecular complexity index is 1180. The SMILES string of the molecule is CCS(=O)(=O)c1ccc([C@@H](CO)NC(=O)c2ccc3c(c2)CN(C[C@H]2CC[C@H](C)CC2)[C@H]3C(C)C)cc1. The van der Waals surface area contributed by atoms with E-state index in [1.807, 2.05) is 12.1 Å². The zero-order valence-electron chi connectivity index (χ0n) is 22.6. The number of sulfone groups is 1. The number of aliphatic hydroxyl groups excluding tert-OH is 1. The third-order valence-corrected chi connectivity index (χ3v) is 10.0. The molecule has 7 heteroatoms. The fraction of sp³-hybridized carbons (Fsp3) is 0.567. The number of carbonyl (C=O) groups is 1. The van der Waals surface area contributed by atoms with E-state index in [0.717, 1.165) is 24.9 Å². The highest BCUT2D eigenvalue weighted by Gasteiger charge is 2.34. The van der Waals surface area contributed by atoms with Crippen LogP contribution in [0.2, 0.25) is 0 Å². The zero-order chi connectivity index (χ0) is 26.7. The Labute approximate surface area is 222 Å². The lowest BCUT2D eigenvalue weighted by atomic mass is 9.82. The maximum atomic E-state index is 13.2. The monoisotopic (exact) mass is 526 g/mol. The number of rotatable bonds is 9. The third kappa shape index (κ3) is 6.27. The van der Waals surface area contributed by atoms with Crippen molar-refractivity contribution in [3.05, 3.63) is 64.7 Å². The summed E-state index contributed by atoms with van der Waals surface area (Å²) in [6.45, 7) is 10.2. The van der Waals surface area contributed by atoms with Crippen LogP contribution in [0.25, 0.3) is 0 Å². The summed E-state index contributed by atoms with van der Waals surface area (Å²) in [5, 5.41) is 12.9. The van der Waals surface area contributed by atoms with Crippen LogP contribution in [0.1, 0.15) is 92.5 Å². The Balaban J connectivity index is 1.47. The first kappa shape index (κ1) is 27.8. The summed E-state index contributed by atoms with van der Waals surface area (Å²) in [5.41, 5.74) is 3.78. The van der Waals surface area contributed by atoms with Crippen molar-refractivity contribution in [2.45, 2.75) is 76.9 Å². The number of carbonyl (C=O) groups excluding carboxylic acids is 1. The molecule has 1 fully saturated rings. The predicted octanol–water partition coefficient (Wildman–Crippen LogP) is 5.28. The smallest absolute Gasteiger partial charge is 0.251 e. The van der Waals surface area contributed by atoms with E-state index >= 15 is 0 Å². The summed E-state index contributed by atoms with van der Waals surface area (Å²) < 4.78 is 24.2. The second kappa shape index (κ2) is 11.7. The molecular formula is C30H42N2O4S. The lowest BCUT2D eigenvalue weighted by molar-refractivity contribution is 0.0916. The van der Waals surface area contributed by atoms with Crippen LogP contribution in [0.3, 0.4) is 0 Å². The number of hydrogen-bond acceptors (Lipinski definition) is 5. The molecule has 0 radical (unpaired) electrons. The molecule has 0 saturated heterocycles. The van der Waals surface area contributed by atoms with Crippen LogP contribution in [-0.4, -0.2) is 43.2 Å². The van der Waals surface area contributed by atoms with Gasteiger partial charge in [0.05, 0.1) is 23.3 Å². The lowest BCUT2D eigenvalue weighted by Gasteiger charge is -2.34. The van der Waals surface area contributed by atoms with Gasteiger partial charge in [-0.25, -0.2) is 8.42 Å². The number of fused-ring (bicyclic) bond motifs is 1. The van der Waals surface area contributed by atoms with E-state index < -0.39 is 15.9 Å². The Morgan fingerprint density at radius 3 is 2.35 bits per heavy atom. The van der Waals surface area contributed by atoms with Gasteiger partial charge in [0.15, 0.2) is 9.84 Å². The minimum absolute atomic E-state index is 0.0276. The summed E-state index contributed by atoms with van der Waals surface area (Å²) in [6.07, 6.45) is 5.26. The van der Waals surface area contributed by atoms with Crippen LogP contribution in [0, 0.1) is 17.8 Å². The molecule has 2 aromatic carbocycles. The van der Waals surface area contributed by atoms with Crippen LogP contribution >= 0.6 is 0 Å². The van der Waals surface area contributed by atoms with Crippen molar-refractivity contribution in [1.82, 2.24) is 10.2 Å². The molecule has 1 aliphatic heterocycles. The summed E-state index contributed by atoms with van der Waals surface area (Å²) in [7, 11) is -3.30. The highest BCUT2D eigenvalue weighted by atomic mass is 32.2. The van der Waals surface area contributed by atoms with Gasteiger partial charge in [0.25, 0.3) is 5.91 Å². The van der Waals surface area contributed by atoms with E-state index in [4.69, 9.17) is 0 Å². The number of benzene rings is 2. The molecule has 1 heterocycles. The van der Waals surface area contributed by atoms with E-state index in [9.17, 15) is 18.3 Å². The third-order valence-electron chi connectivity index (χ3n) is 8.26. The average molecular weight is 527 g/mol. The Kier molecular flexibility index (Phi) is 8.77. The Hall–Kier alpha value is -2.22. The van der Waals surface area contributed by atoms with Crippen LogP contribution in [0.4, 0.5) is 0 Å². The van der Waals surface area contributed by atoms with E-state index in [-0.39, 0.29) is 23.2 Å². The molecule has 2 atom stereocenters. The summed E-state index contributed by atoms with van der Waals surface area (Å²) >= 11 is 0. The summed E-state index contributed by atoms with van der Waals surface area (Å²) in [6, 6.07) is 12.1. The molecule has 202 valence electrons. The minimum Gasteiger partial charge on any atom is -0.394 e. The van der Waals surface area contributed by atoms with Crippen molar-refractivity contribution in [2.24, 2.45) is 17.8 Å². The minimum atomic E-state index is -3.30. The fourth-order valence-electron chi connectivity index (χ4n) is 6.04. The molecule has 1 amide bonds. The molecule has 2 aliphatic rings. The van der Waals surface area contributed by atoms with Gasteiger partial charge < -0.3 is 10.4 Å². The largest absolute Gasteiger partial charge is 0.394 e. The zero-order valence-corrected chi connectivity index (χ0v) is 23.4. The van der Waals surface area contributed by atoms with E-state index in [2.05, 4.69) is 37.1 Å². The average Bonchev–Trinajstić information content (AvgIpc) is 3.25. The topological polar surface area (TPSA) is 86.7 Å². The van der Waals surface area contributed by atoms with Gasteiger partial charge in [-0.2, -0.15) is 0 Å². The lowest BCUT2D eigenvalue weighted by Crippen LogP contribution is -2.32. The van der Waals surface area contributed by atoms with Crippen molar-refractivity contribution in [3.63, 3.8) is 0 Å². The van der Waals surface area contributed by atoms with Gasteiger partial charge in [-0.05, 0) is 71.6 Å².